The summed E-state index contributed by atoms with van der Waals surface area (Å²) in [5, 5.41) is 12.7. The molecule has 2 heterocycles. The quantitative estimate of drug-likeness (QED) is 0.929. The molecule has 6 nitrogen and oxygen atoms in total. The van der Waals surface area contributed by atoms with Crippen LogP contribution in [0.2, 0.25) is 0 Å². The highest BCUT2D eigenvalue weighted by Gasteiger charge is 2.19. The second kappa shape index (κ2) is 5.05. The van der Waals surface area contributed by atoms with E-state index in [1.54, 1.807) is 4.68 Å². The van der Waals surface area contributed by atoms with Crippen molar-refractivity contribution < 1.29 is 0 Å². The molecular formula is C12H19BrN6. The standard InChI is InChI=1S/C12H19BrN6/c1-5-19-9(11(13)8(2)16-19)6-18-7-10(15-17-18)12(3,4)14/h7H,5-6,14H2,1-4H3. The maximum Gasteiger partial charge on any atom is 0.102 e. The van der Waals surface area contributed by atoms with E-state index in [4.69, 9.17) is 5.73 Å². The van der Waals surface area contributed by atoms with Gasteiger partial charge in [0.25, 0.3) is 0 Å². The summed E-state index contributed by atoms with van der Waals surface area (Å²) in [6.07, 6.45) is 1.88. The molecule has 0 fully saturated rings. The molecule has 2 aromatic rings. The van der Waals surface area contributed by atoms with Crippen LogP contribution < -0.4 is 5.73 Å². The first-order valence-corrected chi connectivity index (χ1v) is 7.03. The second-order valence-electron chi connectivity index (χ2n) is 5.18. The van der Waals surface area contributed by atoms with Crippen molar-refractivity contribution in [2.75, 3.05) is 0 Å². The van der Waals surface area contributed by atoms with E-state index in [0.29, 0.717) is 6.54 Å². The van der Waals surface area contributed by atoms with E-state index in [1.165, 1.54) is 0 Å². The highest BCUT2D eigenvalue weighted by molar-refractivity contribution is 9.10. The number of hydrogen-bond acceptors (Lipinski definition) is 4. The maximum absolute atomic E-state index is 6.01. The Morgan fingerprint density at radius 3 is 2.63 bits per heavy atom. The molecule has 0 spiro atoms. The first kappa shape index (κ1) is 14.2. The molecule has 0 aromatic carbocycles. The fourth-order valence-corrected chi connectivity index (χ4v) is 2.25. The molecule has 0 radical (unpaired) electrons. The van der Waals surface area contributed by atoms with Crippen LogP contribution in [0.4, 0.5) is 0 Å². The number of aryl methyl sites for hydroxylation is 2. The summed E-state index contributed by atoms with van der Waals surface area (Å²) in [6, 6.07) is 0. The van der Waals surface area contributed by atoms with Crippen molar-refractivity contribution in [1.82, 2.24) is 24.8 Å². The average molecular weight is 327 g/mol. The molecular weight excluding hydrogens is 308 g/mol. The third-order valence-electron chi connectivity index (χ3n) is 2.96. The smallest absolute Gasteiger partial charge is 0.102 e. The predicted octanol–water partition coefficient (Wildman–Crippen LogP) is 1.81. The van der Waals surface area contributed by atoms with Crippen molar-refractivity contribution in [2.24, 2.45) is 5.73 Å². The van der Waals surface area contributed by atoms with Gasteiger partial charge in [0.1, 0.15) is 5.69 Å². The molecule has 0 aliphatic rings. The lowest BCUT2D eigenvalue weighted by molar-refractivity contribution is 0.533. The predicted molar refractivity (Wildman–Crippen MR) is 76.7 cm³/mol. The van der Waals surface area contributed by atoms with Crippen molar-refractivity contribution in [1.29, 1.82) is 0 Å². The summed E-state index contributed by atoms with van der Waals surface area (Å²) >= 11 is 3.58. The summed E-state index contributed by atoms with van der Waals surface area (Å²) in [6.45, 7) is 9.33. The lowest BCUT2D eigenvalue weighted by Crippen LogP contribution is -2.29. The molecule has 0 bridgehead atoms. The van der Waals surface area contributed by atoms with Gasteiger partial charge in [-0.05, 0) is 43.6 Å². The molecule has 0 amide bonds. The molecule has 104 valence electrons. The van der Waals surface area contributed by atoms with Gasteiger partial charge in [-0.2, -0.15) is 5.10 Å². The Hall–Kier alpha value is -1.21. The lowest BCUT2D eigenvalue weighted by atomic mass is 10.0. The van der Waals surface area contributed by atoms with Crippen LogP contribution in [0.5, 0.6) is 0 Å². The number of hydrogen-bond donors (Lipinski definition) is 1. The lowest BCUT2D eigenvalue weighted by Gasteiger charge is -2.13. The largest absolute Gasteiger partial charge is 0.320 e. The average Bonchev–Trinajstić information content (AvgIpc) is 2.89. The molecule has 19 heavy (non-hydrogen) atoms. The Morgan fingerprint density at radius 1 is 1.42 bits per heavy atom. The van der Waals surface area contributed by atoms with Crippen LogP contribution in [0, 0.1) is 6.92 Å². The molecule has 2 N–H and O–H groups in total. The Balaban J connectivity index is 2.29. The van der Waals surface area contributed by atoms with E-state index in [2.05, 4.69) is 38.3 Å². The third-order valence-corrected chi connectivity index (χ3v) is 3.99. The van der Waals surface area contributed by atoms with Crippen LogP contribution in [0.25, 0.3) is 0 Å². The highest BCUT2D eigenvalue weighted by atomic mass is 79.9. The minimum Gasteiger partial charge on any atom is -0.320 e. The van der Waals surface area contributed by atoms with Gasteiger partial charge in [0.15, 0.2) is 0 Å². The minimum absolute atomic E-state index is 0.476. The van der Waals surface area contributed by atoms with Gasteiger partial charge in [-0.25, -0.2) is 4.68 Å². The third kappa shape index (κ3) is 2.87. The number of halogens is 1. The van der Waals surface area contributed by atoms with Gasteiger partial charge in [-0.3, -0.25) is 4.68 Å². The zero-order chi connectivity index (χ0) is 14.2. The van der Waals surface area contributed by atoms with Gasteiger partial charge < -0.3 is 5.73 Å². The van der Waals surface area contributed by atoms with Crippen molar-refractivity contribution in [3.05, 3.63) is 27.8 Å². The molecule has 2 rings (SSSR count). The topological polar surface area (TPSA) is 74.5 Å². The molecule has 0 unspecified atom stereocenters. The Morgan fingerprint density at radius 2 is 2.11 bits per heavy atom. The maximum atomic E-state index is 6.01. The zero-order valence-electron chi connectivity index (χ0n) is 11.7. The van der Waals surface area contributed by atoms with Gasteiger partial charge in [0.2, 0.25) is 0 Å². The van der Waals surface area contributed by atoms with Crippen molar-refractivity contribution in [3.8, 4) is 0 Å². The van der Waals surface area contributed by atoms with Crippen LogP contribution >= 0.6 is 15.9 Å². The Bertz CT molecular complexity index is 578. The van der Waals surface area contributed by atoms with Crippen LogP contribution in [0.15, 0.2) is 10.7 Å². The van der Waals surface area contributed by atoms with Gasteiger partial charge >= 0.3 is 0 Å². The summed E-state index contributed by atoms with van der Waals surface area (Å²) in [5.41, 5.74) is 8.39. The van der Waals surface area contributed by atoms with Gasteiger partial charge in [0.05, 0.1) is 34.1 Å². The van der Waals surface area contributed by atoms with Crippen LogP contribution in [-0.2, 0) is 18.6 Å². The molecule has 0 atom stereocenters. The first-order chi connectivity index (χ1) is 8.82. The van der Waals surface area contributed by atoms with Crippen LogP contribution in [0.3, 0.4) is 0 Å². The minimum atomic E-state index is -0.476. The van der Waals surface area contributed by atoms with E-state index >= 15 is 0 Å². The number of nitrogens with two attached hydrogens (primary N) is 1. The van der Waals surface area contributed by atoms with Crippen molar-refractivity contribution >= 4 is 15.9 Å². The van der Waals surface area contributed by atoms with Gasteiger partial charge in [0, 0.05) is 6.54 Å². The molecule has 0 aliphatic heterocycles. The zero-order valence-corrected chi connectivity index (χ0v) is 13.3. The van der Waals surface area contributed by atoms with Crippen molar-refractivity contribution in [2.45, 2.75) is 46.3 Å². The van der Waals surface area contributed by atoms with Gasteiger partial charge in [-0.15, -0.1) is 5.10 Å². The van der Waals surface area contributed by atoms with E-state index < -0.39 is 5.54 Å². The van der Waals surface area contributed by atoms with E-state index in [0.717, 1.165) is 28.1 Å². The normalized spacial score (nSPS) is 12.1. The van der Waals surface area contributed by atoms with Gasteiger partial charge in [-0.1, -0.05) is 5.21 Å². The van der Waals surface area contributed by atoms with E-state index in [-0.39, 0.29) is 0 Å². The fourth-order valence-electron chi connectivity index (χ4n) is 1.84. The number of aromatic nitrogens is 5. The first-order valence-electron chi connectivity index (χ1n) is 6.24. The van der Waals surface area contributed by atoms with Crippen LogP contribution in [0.1, 0.15) is 37.9 Å². The van der Waals surface area contributed by atoms with Crippen molar-refractivity contribution in [3.63, 3.8) is 0 Å². The number of rotatable bonds is 4. The van der Waals surface area contributed by atoms with Crippen LogP contribution in [-0.4, -0.2) is 24.8 Å². The number of nitrogens with zero attached hydrogens (tertiary/aromatic N) is 5. The van der Waals surface area contributed by atoms with E-state index in [1.807, 2.05) is 31.6 Å². The summed E-state index contributed by atoms with van der Waals surface area (Å²) in [7, 11) is 0. The summed E-state index contributed by atoms with van der Waals surface area (Å²) in [5.74, 6) is 0. The Kier molecular flexibility index (Phi) is 3.78. The monoisotopic (exact) mass is 326 g/mol. The SMILES string of the molecule is CCn1nc(C)c(Br)c1Cn1cc(C(C)(C)N)nn1. The highest BCUT2D eigenvalue weighted by Crippen LogP contribution is 2.22. The summed E-state index contributed by atoms with van der Waals surface area (Å²) < 4.78 is 4.78. The van der Waals surface area contributed by atoms with E-state index in [9.17, 15) is 0 Å². The molecule has 7 heteroatoms. The Labute approximate surface area is 121 Å². The molecule has 0 aliphatic carbocycles. The molecule has 2 aromatic heterocycles. The summed E-state index contributed by atoms with van der Waals surface area (Å²) in [4.78, 5) is 0. The second-order valence-corrected chi connectivity index (χ2v) is 5.98. The molecule has 0 saturated heterocycles. The molecule has 0 saturated carbocycles. The fraction of sp³-hybridized carbons (Fsp3) is 0.583.